The van der Waals surface area contributed by atoms with E-state index in [1.54, 1.807) is 6.20 Å². The number of rotatable bonds is 4. The summed E-state index contributed by atoms with van der Waals surface area (Å²) in [4.78, 5) is 13.6. The topological polar surface area (TPSA) is 56.7 Å². The molecule has 0 saturated heterocycles. The van der Waals surface area contributed by atoms with E-state index in [1.807, 2.05) is 32.9 Å². The second-order valence-electron chi connectivity index (χ2n) is 5.12. The monoisotopic (exact) mass is 304 g/mol. The molecule has 0 fully saturated rings. The van der Waals surface area contributed by atoms with Gasteiger partial charge in [0, 0.05) is 18.0 Å². The zero-order chi connectivity index (χ0) is 15.0. The molecule has 3 aromatic heterocycles. The lowest BCUT2D eigenvalue weighted by molar-refractivity contribution is 0.413. The van der Waals surface area contributed by atoms with Crippen LogP contribution in [-0.2, 0) is 6.42 Å². The number of fused-ring (bicyclic) bond motifs is 1. The first-order valence-electron chi connectivity index (χ1n) is 6.93. The summed E-state index contributed by atoms with van der Waals surface area (Å²) in [5.41, 5.74) is 2.67. The van der Waals surface area contributed by atoms with Crippen LogP contribution in [0, 0.1) is 13.8 Å². The Bertz CT molecular complexity index is 777. The number of hydrogen-bond donors (Lipinski definition) is 0. The summed E-state index contributed by atoms with van der Waals surface area (Å²) < 4.78 is 7.73. The van der Waals surface area contributed by atoms with Gasteiger partial charge in [-0.25, -0.2) is 15.0 Å². The zero-order valence-corrected chi connectivity index (χ0v) is 13.1. The molecule has 0 amide bonds. The predicted molar refractivity (Wildman–Crippen MR) is 81.7 cm³/mol. The molecule has 110 valence electrons. The molecular formula is C15H17ClN4O. The van der Waals surface area contributed by atoms with Crippen LogP contribution in [0.3, 0.4) is 0 Å². The van der Waals surface area contributed by atoms with Crippen LogP contribution >= 0.6 is 11.6 Å². The fourth-order valence-corrected chi connectivity index (χ4v) is 2.63. The quantitative estimate of drug-likeness (QED) is 0.693. The predicted octanol–water partition coefficient (Wildman–Crippen LogP) is 3.43. The van der Waals surface area contributed by atoms with E-state index in [1.165, 1.54) is 0 Å². The zero-order valence-electron chi connectivity index (χ0n) is 12.3. The van der Waals surface area contributed by atoms with Gasteiger partial charge in [0.1, 0.15) is 23.1 Å². The molecule has 0 N–H and O–H groups in total. The standard InChI is InChI=1S/C15H17ClN4O/c1-9-4-5-12-14(18-9)20(13(19-12)6-7-16)11(3)15-17-8-10(2)21-15/h4-5,8,11H,6-7H2,1-3H3. The Morgan fingerprint density at radius 3 is 2.76 bits per heavy atom. The first-order valence-corrected chi connectivity index (χ1v) is 7.46. The first-order chi connectivity index (χ1) is 10.1. The molecule has 0 aliphatic rings. The van der Waals surface area contributed by atoms with Crippen LogP contribution in [0.2, 0.25) is 0 Å². The highest BCUT2D eigenvalue weighted by Gasteiger charge is 2.21. The molecule has 5 nitrogen and oxygen atoms in total. The van der Waals surface area contributed by atoms with Gasteiger partial charge in [0.15, 0.2) is 5.65 Å². The maximum Gasteiger partial charge on any atom is 0.217 e. The van der Waals surface area contributed by atoms with Gasteiger partial charge < -0.3 is 8.98 Å². The normalized spacial score (nSPS) is 13.0. The molecule has 0 aliphatic heterocycles. The summed E-state index contributed by atoms with van der Waals surface area (Å²) in [5.74, 6) is 2.87. The van der Waals surface area contributed by atoms with Crippen LogP contribution in [0.5, 0.6) is 0 Å². The first kappa shape index (κ1) is 14.1. The van der Waals surface area contributed by atoms with Crippen LogP contribution < -0.4 is 0 Å². The Morgan fingerprint density at radius 1 is 1.29 bits per heavy atom. The van der Waals surface area contributed by atoms with Crippen molar-refractivity contribution in [2.24, 2.45) is 0 Å². The van der Waals surface area contributed by atoms with Crippen LogP contribution in [0.15, 0.2) is 22.7 Å². The van der Waals surface area contributed by atoms with Gasteiger partial charge >= 0.3 is 0 Å². The average molecular weight is 305 g/mol. The van der Waals surface area contributed by atoms with E-state index >= 15 is 0 Å². The number of aromatic nitrogens is 4. The molecule has 0 bridgehead atoms. The Kier molecular flexibility index (Phi) is 3.68. The van der Waals surface area contributed by atoms with E-state index in [0.717, 1.165) is 28.4 Å². The van der Waals surface area contributed by atoms with Crippen molar-refractivity contribution in [3.8, 4) is 0 Å². The Balaban J connectivity index is 2.18. The maximum absolute atomic E-state index is 5.91. The van der Waals surface area contributed by atoms with Gasteiger partial charge in [-0.1, -0.05) is 0 Å². The average Bonchev–Trinajstić information content (AvgIpc) is 3.02. The number of pyridine rings is 1. The summed E-state index contributed by atoms with van der Waals surface area (Å²) in [6, 6.07) is 3.88. The summed E-state index contributed by atoms with van der Waals surface area (Å²) in [6.07, 6.45) is 2.41. The minimum Gasteiger partial charge on any atom is -0.444 e. The minimum atomic E-state index is -0.0729. The van der Waals surface area contributed by atoms with E-state index in [2.05, 4.69) is 19.5 Å². The maximum atomic E-state index is 5.91. The van der Waals surface area contributed by atoms with E-state index in [-0.39, 0.29) is 6.04 Å². The molecule has 21 heavy (non-hydrogen) atoms. The van der Waals surface area contributed by atoms with Crippen LogP contribution in [-0.4, -0.2) is 25.4 Å². The second kappa shape index (κ2) is 5.48. The number of halogens is 1. The lowest BCUT2D eigenvalue weighted by atomic mass is 10.3. The fraction of sp³-hybridized carbons (Fsp3) is 0.400. The van der Waals surface area contributed by atoms with E-state index in [4.69, 9.17) is 16.0 Å². The van der Waals surface area contributed by atoms with Crippen molar-refractivity contribution in [1.82, 2.24) is 19.5 Å². The van der Waals surface area contributed by atoms with Crippen molar-refractivity contribution >= 4 is 22.8 Å². The van der Waals surface area contributed by atoms with Crippen LogP contribution in [0.25, 0.3) is 11.2 Å². The summed E-state index contributed by atoms with van der Waals surface area (Å²) >= 11 is 5.91. The SMILES string of the molecule is Cc1ccc2nc(CCCl)n(C(C)c3ncc(C)o3)c2n1. The number of aryl methyl sites for hydroxylation is 3. The second-order valence-corrected chi connectivity index (χ2v) is 5.50. The molecule has 0 aliphatic carbocycles. The van der Waals surface area contributed by atoms with Gasteiger partial charge in [0.05, 0.1) is 6.20 Å². The highest BCUT2D eigenvalue weighted by molar-refractivity contribution is 6.17. The van der Waals surface area contributed by atoms with Crippen molar-refractivity contribution in [3.63, 3.8) is 0 Å². The van der Waals surface area contributed by atoms with Gasteiger partial charge in [-0.2, -0.15) is 0 Å². The van der Waals surface area contributed by atoms with E-state index in [0.29, 0.717) is 18.2 Å². The molecule has 6 heteroatoms. The summed E-state index contributed by atoms with van der Waals surface area (Å²) in [6.45, 7) is 5.89. The Morgan fingerprint density at radius 2 is 2.10 bits per heavy atom. The molecule has 0 aromatic carbocycles. The molecule has 3 heterocycles. The third-order valence-corrected chi connectivity index (χ3v) is 3.64. The van der Waals surface area contributed by atoms with Crippen LogP contribution in [0.1, 0.15) is 36.1 Å². The molecule has 3 aromatic rings. The third-order valence-electron chi connectivity index (χ3n) is 3.45. The smallest absolute Gasteiger partial charge is 0.217 e. The van der Waals surface area contributed by atoms with Gasteiger partial charge in [0.2, 0.25) is 5.89 Å². The highest BCUT2D eigenvalue weighted by atomic mass is 35.5. The van der Waals surface area contributed by atoms with Crippen molar-refractivity contribution < 1.29 is 4.42 Å². The number of oxazole rings is 1. The lowest BCUT2D eigenvalue weighted by Gasteiger charge is -2.13. The number of imidazole rings is 1. The summed E-state index contributed by atoms with van der Waals surface area (Å²) in [5, 5.41) is 0. The lowest BCUT2D eigenvalue weighted by Crippen LogP contribution is -2.12. The molecule has 0 spiro atoms. The molecule has 1 atom stereocenters. The fourth-order valence-electron chi connectivity index (χ4n) is 2.46. The third kappa shape index (κ3) is 2.53. The number of alkyl halides is 1. The Hall–Kier alpha value is -1.88. The van der Waals surface area contributed by atoms with E-state index in [9.17, 15) is 0 Å². The van der Waals surface area contributed by atoms with Gasteiger partial charge in [0.25, 0.3) is 0 Å². The van der Waals surface area contributed by atoms with Gasteiger partial charge in [-0.3, -0.25) is 0 Å². The van der Waals surface area contributed by atoms with Crippen LogP contribution in [0.4, 0.5) is 0 Å². The molecule has 0 radical (unpaired) electrons. The molecule has 3 rings (SSSR count). The molecule has 0 saturated carbocycles. The van der Waals surface area contributed by atoms with E-state index < -0.39 is 0 Å². The van der Waals surface area contributed by atoms with Gasteiger partial charge in [-0.15, -0.1) is 11.6 Å². The number of hydrogen-bond acceptors (Lipinski definition) is 4. The minimum absolute atomic E-state index is 0.0729. The number of nitrogens with zero attached hydrogens (tertiary/aromatic N) is 4. The van der Waals surface area contributed by atoms with Crippen molar-refractivity contribution in [1.29, 1.82) is 0 Å². The summed E-state index contributed by atoms with van der Waals surface area (Å²) in [7, 11) is 0. The molecular weight excluding hydrogens is 288 g/mol. The van der Waals surface area contributed by atoms with Crippen molar-refractivity contribution in [2.75, 3.05) is 5.88 Å². The Labute approximate surface area is 128 Å². The molecule has 1 unspecified atom stereocenters. The van der Waals surface area contributed by atoms with Crippen molar-refractivity contribution in [2.45, 2.75) is 33.2 Å². The highest BCUT2D eigenvalue weighted by Crippen LogP contribution is 2.25. The largest absolute Gasteiger partial charge is 0.444 e. The van der Waals surface area contributed by atoms with Gasteiger partial charge in [-0.05, 0) is 32.9 Å². The van der Waals surface area contributed by atoms with Crippen molar-refractivity contribution in [3.05, 3.63) is 41.5 Å².